The lowest BCUT2D eigenvalue weighted by Crippen LogP contribution is -2.09. The number of rotatable bonds is 3. The third-order valence-corrected chi connectivity index (χ3v) is 5.38. The first-order valence-electron chi connectivity index (χ1n) is 5.65. The summed E-state index contributed by atoms with van der Waals surface area (Å²) >= 11 is 6.16. The van der Waals surface area contributed by atoms with Gasteiger partial charge in [-0.15, -0.1) is 22.7 Å². The molecule has 0 aliphatic rings. The van der Waals surface area contributed by atoms with Crippen molar-refractivity contribution in [2.24, 2.45) is 0 Å². The highest BCUT2D eigenvalue weighted by atomic mass is 79.9. The number of nitrogens with zero attached hydrogens (tertiary/aromatic N) is 1. The van der Waals surface area contributed by atoms with Gasteiger partial charge >= 0.3 is 0 Å². The summed E-state index contributed by atoms with van der Waals surface area (Å²) in [6.07, 6.45) is 0.797. The molecule has 2 aromatic rings. The lowest BCUT2D eigenvalue weighted by molar-refractivity contribution is 0.103. The van der Waals surface area contributed by atoms with Gasteiger partial charge in [0.15, 0.2) is 0 Å². The second kappa shape index (κ2) is 5.87. The van der Waals surface area contributed by atoms with Crippen molar-refractivity contribution >= 4 is 49.5 Å². The Morgan fingerprint density at radius 1 is 1.47 bits per heavy atom. The molecule has 2 aromatic heterocycles. The normalized spacial score (nSPS) is 10.2. The molecule has 0 fully saturated rings. The Morgan fingerprint density at radius 2 is 2.21 bits per heavy atom. The van der Waals surface area contributed by atoms with E-state index in [9.17, 15) is 10.1 Å². The van der Waals surface area contributed by atoms with Gasteiger partial charge in [-0.05, 0) is 47.0 Å². The van der Waals surface area contributed by atoms with Crippen LogP contribution in [-0.2, 0) is 6.42 Å². The van der Waals surface area contributed by atoms with Crippen molar-refractivity contribution < 1.29 is 4.79 Å². The van der Waals surface area contributed by atoms with Crippen molar-refractivity contribution in [3.05, 3.63) is 36.8 Å². The summed E-state index contributed by atoms with van der Waals surface area (Å²) in [7, 11) is 0. The summed E-state index contributed by atoms with van der Waals surface area (Å²) in [5.74, 6) is -0.170. The molecule has 0 aliphatic heterocycles. The van der Waals surface area contributed by atoms with Crippen LogP contribution in [0.5, 0.6) is 0 Å². The van der Waals surface area contributed by atoms with Crippen molar-refractivity contribution in [2.75, 3.05) is 5.32 Å². The van der Waals surface area contributed by atoms with Crippen molar-refractivity contribution in [1.29, 1.82) is 5.26 Å². The van der Waals surface area contributed by atoms with Crippen LogP contribution in [0.1, 0.15) is 32.6 Å². The Hall–Kier alpha value is -1.16. The van der Waals surface area contributed by atoms with Crippen LogP contribution in [-0.4, -0.2) is 5.91 Å². The number of carbonyl (C=O) groups is 1. The molecule has 1 amide bonds. The molecule has 0 saturated heterocycles. The molecule has 19 heavy (non-hydrogen) atoms. The second-order valence-corrected chi connectivity index (χ2v) is 7.55. The van der Waals surface area contributed by atoms with Gasteiger partial charge in [0.2, 0.25) is 0 Å². The smallest absolute Gasteiger partial charge is 0.266 e. The quantitative estimate of drug-likeness (QED) is 0.877. The van der Waals surface area contributed by atoms with Crippen LogP contribution in [0.15, 0.2) is 15.9 Å². The fourth-order valence-electron chi connectivity index (χ4n) is 1.81. The van der Waals surface area contributed by atoms with E-state index in [1.807, 2.05) is 19.9 Å². The standard InChI is InChI=1S/C13H11BrN2OS2/c1-3-8-7(2)18-13(9(8)6-15)16-12(17)10-4-5-11(14)19-10/h4-5H,3H2,1-2H3,(H,16,17). The number of thiophene rings is 2. The summed E-state index contributed by atoms with van der Waals surface area (Å²) in [6.45, 7) is 3.99. The Bertz CT molecular complexity index is 667. The van der Waals surface area contributed by atoms with Crippen molar-refractivity contribution in [3.63, 3.8) is 0 Å². The monoisotopic (exact) mass is 354 g/mol. The maximum absolute atomic E-state index is 12.1. The van der Waals surface area contributed by atoms with E-state index in [2.05, 4.69) is 27.3 Å². The van der Waals surface area contributed by atoms with Crippen molar-refractivity contribution in [1.82, 2.24) is 0 Å². The van der Waals surface area contributed by atoms with Gasteiger partial charge in [0.1, 0.15) is 11.1 Å². The van der Waals surface area contributed by atoms with Crippen LogP contribution in [0.3, 0.4) is 0 Å². The number of nitrogens with one attached hydrogen (secondary N) is 1. The van der Waals surface area contributed by atoms with Crippen LogP contribution in [0, 0.1) is 18.3 Å². The maximum Gasteiger partial charge on any atom is 0.266 e. The van der Waals surface area contributed by atoms with Crippen LogP contribution in [0.2, 0.25) is 0 Å². The first-order chi connectivity index (χ1) is 9.06. The first-order valence-corrected chi connectivity index (χ1v) is 8.08. The van der Waals surface area contributed by atoms with Gasteiger partial charge in [-0.2, -0.15) is 5.26 Å². The highest BCUT2D eigenvalue weighted by Gasteiger charge is 2.17. The Labute approximate surface area is 128 Å². The molecule has 0 atom stereocenters. The van der Waals surface area contributed by atoms with E-state index in [1.54, 1.807) is 6.07 Å². The summed E-state index contributed by atoms with van der Waals surface area (Å²) in [5, 5.41) is 12.7. The van der Waals surface area contributed by atoms with Gasteiger partial charge < -0.3 is 5.32 Å². The second-order valence-electron chi connectivity index (χ2n) is 3.86. The number of carbonyl (C=O) groups excluding carboxylic acids is 1. The van der Waals surface area contributed by atoms with Gasteiger partial charge in [-0.3, -0.25) is 4.79 Å². The van der Waals surface area contributed by atoms with Crippen LogP contribution >= 0.6 is 38.6 Å². The summed E-state index contributed by atoms with van der Waals surface area (Å²) in [4.78, 5) is 13.8. The van der Waals surface area contributed by atoms with Gasteiger partial charge in [-0.25, -0.2) is 0 Å². The molecule has 0 bridgehead atoms. The van der Waals surface area contributed by atoms with E-state index >= 15 is 0 Å². The Morgan fingerprint density at radius 3 is 2.74 bits per heavy atom. The molecule has 0 spiro atoms. The average molecular weight is 355 g/mol. The largest absolute Gasteiger partial charge is 0.312 e. The zero-order valence-corrected chi connectivity index (χ0v) is 13.6. The lowest BCUT2D eigenvalue weighted by Gasteiger charge is -2.01. The number of nitriles is 1. The topological polar surface area (TPSA) is 52.9 Å². The number of anilines is 1. The fourth-order valence-corrected chi connectivity index (χ4v) is 4.18. The summed E-state index contributed by atoms with van der Waals surface area (Å²) in [6, 6.07) is 5.78. The molecule has 2 heterocycles. The molecular formula is C13H11BrN2OS2. The number of amides is 1. The molecular weight excluding hydrogens is 344 g/mol. The minimum Gasteiger partial charge on any atom is -0.312 e. The van der Waals surface area contributed by atoms with Gasteiger partial charge in [0.25, 0.3) is 5.91 Å². The SMILES string of the molecule is CCc1c(C)sc(NC(=O)c2ccc(Br)s2)c1C#N. The van der Waals surface area contributed by atoms with Crippen LogP contribution in [0.4, 0.5) is 5.00 Å². The number of hydrogen-bond acceptors (Lipinski definition) is 4. The predicted molar refractivity (Wildman–Crippen MR) is 83.1 cm³/mol. The molecule has 0 aromatic carbocycles. The Balaban J connectivity index is 2.29. The molecule has 1 N–H and O–H groups in total. The summed E-state index contributed by atoms with van der Waals surface area (Å²) in [5.41, 5.74) is 1.61. The van der Waals surface area contributed by atoms with E-state index in [4.69, 9.17) is 0 Å². The molecule has 0 radical (unpaired) electrons. The molecule has 0 unspecified atom stereocenters. The van der Waals surface area contributed by atoms with Crippen LogP contribution in [0.25, 0.3) is 0 Å². The molecule has 0 saturated carbocycles. The fraction of sp³-hybridized carbons (Fsp3) is 0.231. The van der Waals surface area contributed by atoms with Gasteiger partial charge in [0, 0.05) is 4.88 Å². The maximum atomic E-state index is 12.1. The third-order valence-electron chi connectivity index (χ3n) is 2.70. The third kappa shape index (κ3) is 2.89. The zero-order valence-electron chi connectivity index (χ0n) is 10.4. The lowest BCUT2D eigenvalue weighted by atomic mass is 10.1. The predicted octanol–water partition coefficient (Wildman–Crippen LogP) is 4.57. The van der Waals surface area contributed by atoms with E-state index < -0.39 is 0 Å². The molecule has 0 aliphatic carbocycles. The number of halogens is 1. The molecule has 6 heteroatoms. The summed E-state index contributed by atoms with van der Waals surface area (Å²) < 4.78 is 0.912. The number of hydrogen-bond donors (Lipinski definition) is 1. The number of aryl methyl sites for hydroxylation is 1. The van der Waals surface area contributed by atoms with E-state index in [0.717, 1.165) is 20.6 Å². The molecule has 3 nitrogen and oxygen atoms in total. The van der Waals surface area contributed by atoms with E-state index in [1.165, 1.54) is 22.7 Å². The highest BCUT2D eigenvalue weighted by Crippen LogP contribution is 2.33. The van der Waals surface area contributed by atoms with Crippen LogP contribution < -0.4 is 5.32 Å². The molecule has 98 valence electrons. The zero-order chi connectivity index (χ0) is 14.0. The molecule has 2 rings (SSSR count). The van der Waals surface area contributed by atoms with Crippen molar-refractivity contribution in [3.8, 4) is 6.07 Å². The van der Waals surface area contributed by atoms with E-state index in [-0.39, 0.29) is 5.91 Å². The first kappa shape index (κ1) is 14.3. The average Bonchev–Trinajstić information content (AvgIpc) is 2.92. The van der Waals surface area contributed by atoms with E-state index in [0.29, 0.717) is 15.4 Å². The van der Waals surface area contributed by atoms with Gasteiger partial charge in [0.05, 0.1) is 14.2 Å². The minimum absolute atomic E-state index is 0.170. The van der Waals surface area contributed by atoms with Crippen molar-refractivity contribution in [2.45, 2.75) is 20.3 Å². The van der Waals surface area contributed by atoms with Gasteiger partial charge in [-0.1, -0.05) is 6.92 Å². The minimum atomic E-state index is -0.170. The highest BCUT2D eigenvalue weighted by molar-refractivity contribution is 9.11. The Kier molecular flexibility index (Phi) is 4.40.